The van der Waals surface area contributed by atoms with Crippen molar-refractivity contribution in [2.45, 2.75) is 51.9 Å². The van der Waals surface area contributed by atoms with Crippen LogP contribution in [0.1, 0.15) is 51.0 Å². The van der Waals surface area contributed by atoms with E-state index in [1.165, 1.54) is 0 Å². The number of carboxylic acids is 1. The normalized spacial score (nSPS) is 22.7. The van der Waals surface area contributed by atoms with Gasteiger partial charge in [-0.3, -0.25) is 14.4 Å². The Morgan fingerprint density at radius 1 is 1.23 bits per heavy atom. The topological polar surface area (TPSA) is 86.7 Å². The van der Waals surface area contributed by atoms with Crippen LogP contribution in [0.3, 0.4) is 0 Å². The van der Waals surface area contributed by atoms with Crippen molar-refractivity contribution in [3.05, 3.63) is 23.8 Å². The minimum atomic E-state index is -0.808. The summed E-state index contributed by atoms with van der Waals surface area (Å²) in [6, 6.07) is 5.67. The van der Waals surface area contributed by atoms with Gasteiger partial charge < -0.3 is 15.3 Å². The van der Waals surface area contributed by atoms with Crippen molar-refractivity contribution in [1.29, 1.82) is 0 Å². The summed E-state index contributed by atoms with van der Waals surface area (Å²) in [5.41, 5.74) is 2.73. The summed E-state index contributed by atoms with van der Waals surface area (Å²) in [6.45, 7) is 2.75. The summed E-state index contributed by atoms with van der Waals surface area (Å²) < 4.78 is 0. The van der Waals surface area contributed by atoms with Crippen LogP contribution >= 0.6 is 0 Å². The van der Waals surface area contributed by atoms with E-state index >= 15 is 0 Å². The molecule has 2 aliphatic rings. The Bertz CT molecular complexity index is 716. The number of hydrogen-bond donors (Lipinski definition) is 2. The van der Waals surface area contributed by atoms with Crippen LogP contribution in [0.15, 0.2) is 18.2 Å². The molecule has 6 nitrogen and oxygen atoms in total. The van der Waals surface area contributed by atoms with Gasteiger partial charge in [0, 0.05) is 30.3 Å². The van der Waals surface area contributed by atoms with Crippen molar-refractivity contribution in [2.75, 3.05) is 16.8 Å². The Labute approximate surface area is 153 Å². The Kier molecular flexibility index (Phi) is 5.59. The van der Waals surface area contributed by atoms with E-state index in [-0.39, 0.29) is 17.7 Å². The zero-order valence-electron chi connectivity index (χ0n) is 15.2. The number of carbonyl (C=O) groups excluding carboxylic acids is 2. The molecule has 0 spiro atoms. The zero-order valence-corrected chi connectivity index (χ0v) is 15.2. The smallest absolute Gasteiger partial charge is 0.306 e. The fourth-order valence-electron chi connectivity index (χ4n) is 4.00. The molecule has 2 atom stereocenters. The molecule has 1 fully saturated rings. The monoisotopic (exact) mass is 358 g/mol. The number of carboxylic acid groups (broad SMARTS) is 1. The Hall–Kier alpha value is -2.37. The molecule has 1 aromatic rings. The average Bonchev–Trinajstić information content (AvgIpc) is 2.64. The number of nitrogens with zero attached hydrogens (tertiary/aromatic N) is 1. The number of amides is 2. The lowest BCUT2D eigenvalue weighted by atomic mass is 9.81. The highest BCUT2D eigenvalue weighted by Crippen LogP contribution is 2.32. The van der Waals surface area contributed by atoms with Crippen LogP contribution in [-0.2, 0) is 20.8 Å². The van der Waals surface area contributed by atoms with E-state index in [2.05, 4.69) is 5.32 Å². The number of aryl methyl sites for hydroxylation is 1. The van der Waals surface area contributed by atoms with E-state index in [1.807, 2.05) is 30.0 Å². The summed E-state index contributed by atoms with van der Waals surface area (Å²) in [5.74, 6) is -1.43. The molecule has 2 amide bonds. The van der Waals surface area contributed by atoms with Crippen LogP contribution in [0.4, 0.5) is 11.4 Å². The van der Waals surface area contributed by atoms with Crippen LogP contribution in [0, 0.1) is 11.8 Å². The highest BCUT2D eigenvalue weighted by atomic mass is 16.4. The maximum Gasteiger partial charge on any atom is 0.306 e. The van der Waals surface area contributed by atoms with Gasteiger partial charge in [-0.1, -0.05) is 13.3 Å². The maximum atomic E-state index is 12.6. The first-order valence-corrected chi connectivity index (χ1v) is 9.46. The molecule has 3 rings (SSSR count). The molecule has 0 radical (unpaired) electrons. The van der Waals surface area contributed by atoms with Gasteiger partial charge in [-0.05, 0) is 55.9 Å². The number of anilines is 2. The maximum absolute atomic E-state index is 12.6. The lowest BCUT2D eigenvalue weighted by Crippen LogP contribution is -2.35. The van der Waals surface area contributed by atoms with Gasteiger partial charge in [0.15, 0.2) is 0 Å². The number of benzene rings is 1. The second kappa shape index (κ2) is 7.89. The molecular formula is C20H26N2O4. The average molecular weight is 358 g/mol. The Morgan fingerprint density at radius 3 is 2.73 bits per heavy atom. The molecule has 2 N–H and O–H groups in total. The van der Waals surface area contributed by atoms with Crippen LogP contribution in [0.25, 0.3) is 0 Å². The highest BCUT2D eigenvalue weighted by molar-refractivity contribution is 5.98. The molecule has 1 aliphatic carbocycles. The summed E-state index contributed by atoms with van der Waals surface area (Å²) in [4.78, 5) is 37.7. The minimum Gasteiger partial charge on any atom is -0.481 e. The Morgan fingerprint density at radius 2 is 2.00 bits per heavy atom. The van der Waals surface area contributed by atoms with E-state index in [1.54, 1.807) is 0 Å². The fourth-order valence-corrected chi connectivity index (χ4v) is 4.00. The molecule has 1 aromatic carbocycles. The fraction of sp³-hybridized carbons (Fsp3) is 0.550. The number of hydrogen-bond acceptors (Lipinski definition) is 3. The van der Waals surface area contributed by atoms with Gasteiger partial charge in [-0.25, -0.2) is 0 Å². The molecule has 1 saturated carbocycles. The first kappa shape index (κ1) is 18.4. The largest absolute Gasteiger partial charge is 0.481 e. The summed E-state index contributed by atoms with van der Waals surface area (Å²) in [5, 5.41) is 12.1. The van der Waals surface area contributed by atoms with Gasteiger partial charge in [0.25, 0.3) is 0 Å². The zero-order chi connectivity index (χ0) is 18.7. The van der Waals surface area contributed by atoms with Crippen LogP contribution in [0.2, 0.25) is 0 Å². The molecule has 1 heterocycles. The molecular weight excluding hydrogens is 332 g/mol. The van der Waals surface area contributed by atoms with Crippen LogP contribution < -0.4 is 10.2 Å². The van der Waals surface area contributed by atoms with Gasteiger partial charge in [0.1, 0.15) is 0 Å². The standard InChI is InChI=1S/C20H26N2O4/c1-2-10-22-17-8-7-16(12-13(17)6-9-18(22)23)21-19(24)14-4-3-5-15(11-14)20(25)26/h7-8,12,14-15H,2-6,9-11H2,1H3,(H,21,24)(H,25,26). The second-order valence-corrected chi connectivity index (χ2v) is 7.28. The number of rotatable bonds is 5. The van der Waals surface area contributed by atoms with Crippen molar-refractivity contribution in [1.82, 2.24) is 0 Å². The van der Waals surface area contributed by atoms with E-state index in [9.17, 15) is 19.5 Å². The number of fused-ring (bicyclic) bond motifs is 1. The SMILES string of the molecule is CCCN1C(=O)CCc2cc(NC(=O)C3CCCC(C(=O)O)C3)ccc21. The molecule has 6 heteroatoms. The van der Waals surface area contributed by atoms with E-state index < -0.39 is 11.9 Å². The molecule has 2 unspecified atom stereocenters. The van der Waals surface area contributed by atoms with E-state index in [0.717, 1.165) is 36.2 Å². The van der Waals surface area contributed by atoms with Gasteiger partial charge in [-0.2, -0.15) is 0 Å². The summed E-state index contributed by atoms with van der Waals surface area (Å²) in [6.07, 6.45) is 4.64. The van der Waals surface area contributed by atoms with Crippen LogP contribution in [-0.4, -0.2) is 29.4 Å². The van der Waals surface area contributed by atoms with Crippen LogP contribution in [0.5, 0.6) is 0 Å². The number of carbonyl (C=O) groups is 3. The highest BCUT2D eigenvalue weighted by Gasteiger charge is 2.31. The molecule has 1 aliphatic heterocycles. The first-order chi connectivity index (χ1) is 12.5. The molecule has 140 valence electrons. The Balaban J connectivity index is 1.70. The third kappa shape index (κ3) is 3.89. The third-order valence-electron chi connectivity index (χ3n) is 5.39. The summed E-state index contributed by atoms with van der Waals surface area (Å²) >= 11 is 0. The van der Waals surface area contributed by atoms with Crippen molar-refractivity contribution < 1.29 is 19.5 Å². The lowest BCUT2D eigenvalue weighted by Gasteiger charge is -2.30. The van der Waals surface area contributed by atoms with Gasteiger partial charge in [-0.15, -0.1) is 0 Å². The van der Waals surface area contributed by atoms with Crippen molar-refractivity contribution in [3.8, 4) is 0 Å². The minimum absolute atomic E-state index is 0.104. The van der Waals surface area contributed by atoms with Gasteiger partial charge in [0.2, 0.25) is 11.8 Å². The molecule has 26 heavy (non-hydrogen) atoms. The van der Waals surface area contributed by atoms with Gasteiger partial charge >= 0.3 is 5.97 Å². The number of aliphatic carboxylic acids is 1. The third-order valence-corrected chi connectivity index (χ3v) is 5.39. The second-order valence-electron chi connectivity index (χ2n) is 7.28. The number of nitrogens with one attached hydrogen (secondary N) is 1. The molecule has 0 aromatic heterocycles. The lowest BCUT2D eigenvalue weighted by molar-refractivity contribution is -0.143. The molecule has 0 bridgehead atoms. The predicted octanol–water partition coefficient (Wildman–Crippen LogP) is 3.21. The predicted molar refractivity (Wildman–Crippen MR) is 99.1 cm³/mol. The van der Waals surface area contributed by atoms with Crippen molar-refractivity contribution in [2.24, 2.45) is 11.8 Å². The summed E-state index contributed by atoms with van der Waals surface area (Å²) in [7, 11) is 0. The van der Waals surface area contributed by atoms with E-state index in [0.29, 0.717) is 32.2 Å². The van der Waals surface area contributed by atoms with Crippen molar-refractivity contribution >= 4 is 29.2 Å². The molecule has 0 saturated heterocycles. The van der Waals surface area contributed by atoms with Gasteiger partial charge in [0.05, 0.1) is 5.92 Å². The van der Waals surface area contributed by atoms with E-state index in [4.69, 9.17) is 0 Å². The van der Waals surface area contributed by atoms with Crippen molar-refractivity contribution in [3.63, 3.8) is 0 Å². The first-order valence-electron chi connectivity index (χ1n) is 9.46. The quantitative estimate of drug-likeness (QED) is 0.846.